The van der Waals surface area contributed by atoms with Crippen molar-refractivity contribution in [1.82, 2.24) is 5.32 Å². The van der Waals surface area contributed by atoms with Crippen molar-refractivity contribution in [1.29, 1.82) is 0 Å². The SMILES string of the molecule is CNCC(C)(O)Cc1ccc(F)c(Br)c1. The molecule has 84 valence electrons. The highest BCUT2D eigenvalue weighted by Crippen LogP contribution is 2.20. The molecule has 0 fully saturated rings. The van der Waals surface area contributed by atoms with Gasteiger partial charge in [-0.15, -0.1) is 0 Å². The molecule has 0 aliphatic heterocycles. The second-order valence-electron chi connectivity index (χ2n) is 3.95. The van der Waals surface area contributed by atoms with Crippen molar-refractivity contribution in [2.24, 2.45) is 0 Å². The molecule has 15 heavy (non-hydrogen) atoms. The summed E-state index contributed by atoms with van der Waals surface area (Å²) >= 11 is 3.12. The summed E-state index contributed by atoms with van der Waals surface area (Å²) in [4.78, 5) is 0. The number of rotatable bonds is 4. The average Bonchev–Trinajstić information content (AvgIpc) is 2.10. The van der Waals surface area contributed by atoms with E-state index in [1.165, 1.54) is 6.07 Å². The number of hydrogen-bond donors (Lipinski definition) is 2. The number of nitrogens with one attached hydrogen (secondary N) is 1. The minimum Gasteiger partial charge on any atom is -0.389 e. The fourth-order valence-corrected chi connectivity index (χ4v) is 1.96. The fraction of sp³-hybridized carbons (Fsp3) is 0.455. The van der Waals surface area contributed by atoms with E-state index in [9.17, 15) is 9.50 Å². The van der Waals surface area contributed by atoms with Crippen molar-refractivity contribution in [3.8, 4) is 0 Å². The van der Waals surface area contributed by atoms with Gasteiger partial charge in [-0.3, -0.25) is 0 Å². The van der Waals surface area contributed by atoms with E-state index in [1.807, 2.05) is 0 Å². The Kier molecular flexibility index (Phi) is 4.25. The maximum atomic E-state index is 13.0. The maximum absolute atomic E-state index is 13.0. The Balaban J connectivity index is 2.76. The van der Waals surface area contributed by atoms with E-state index < -0.39 is 5.60 Å². The van der Waals surface area contributed by atoms with Gasteiger partial charge in [0.2, 0.25) is 0 Å². The van der Waals surface area contributed by atoms with Crippen LogP contribution in [0.15, 0.2) is 22.7 Å². The zero-order chi connectivity index (χ0) is 11.5. The van der Waals surface area contributed by atoms with Crippen LogP contribution in [0.25, 0.3) is 0 Å². The molecule has 4 heteroatoms. The quantitative estimate of drug-likeness (QED) is 0.882. The molecule has 0 saturated heterocycles. The van der Waals surface area contributed by atoms with Crippen LogP contribution in [-0.4, -0.2) is 24.3 Å². The molecular formula is C11H15BrFNO. The lowest BCUT2D eigenvalue weighted by atomic mass is 9.96. The highest BCUT2D eigenvalue weighted by molar-refractivity contribution is 9.10. The Bertz CT molecular complexity index is 341. The van der Waals surface area contributed by atoms with Gasteiger partial charge in [0.15, 0.2) is 0 Å². The van der Waals surface area contributed by atoms with Crippen molar-refractivity contribution < 1.29 is 9.50 Å². The lowest BCUT2D eigenvalue weighted by Gasteiger charge is -2.23. The Morgan fingerprint density at radius 1 is 1.53 bits per heavy atom. The molecule has 1 atom stereocenters. The molecule has 1 aromatic carbocycles. The topological polar surface area (TPSA) is 32.3 Å². The van der Waals surface area contributed by atoms with Crippen molar-refractivity contribution in [3.05, 3.63) is 34.1 Å². The van der Waals surface area contributed by atoms with Gasteiger partial charge in [-0.1, -0.05) is 6.07 Å². The summed E-state index contributed by atoms with van der Waals surface area (Å²) < 4.78 is 13.4. The van der Waals surface area contributed by atoms with Crippen LogP contribution in [0.5, 0.6) is 0 Å². The molecule has 0 aliphatic carbocycles. The molecule has 0 aromatic heterocycles. The van der Waals surface area contributed by atoms with Crippen LogP contribution in [0.1, 0.15) is 12.5 Å². The molecule has 0 saturated carbocycles. The van der Waals surface area contributed by atoms with Gasteiger partial charge in [0.1, 0.15) is 5.82 Å². The van der Waals surface area contributed by atoms with E-state index in [-0.39, 0.29) is 5.82 Å². The number of benzene rings is 1. The van der Waals surface area contributed by atoms with Gasteiger partial charge in [0.25, 0.3) is 0 Å². The van der Waals surface area contributed by atoms with Gasteiger partial charge in [-0.25, -0.2) is 4.39 Å². The van der Waals surface area contributed by atoms with Crippen LogP contribution in [0.2, 0.25) is 0 Å². The molecular weight excluding hydrogens is 261 g/mol. The average molecular weight is 276 g/mol. The minimum absolute atomic E-state index is 0.285. The van der Waals surface area contributed by atoms with E-state index >= 15 is 0 Å². The second-order valence-corrected chi connectivity index (χ2v) is 4.81. The number of aliphatic hydroxyl groups is 1. The summed E-state index contributed by atoms with van der Waals surface area (Å²) in [5.41, 5.74) is 0.0926. The van der Waals surface area contributed by atoms with E-state index in [0.717, 1.165) is 5.56 Å². The summed E-state index contributed by atoms with van der Waals surface area (Å²) in [7, 11) is 1.79. The van der Waals surface area contributed by atoms with Crippen LogP contribution in [0, 0.1) is 5.82 Å². The van der Waals surface area contributed by atoms with Crippen molar-refractivity contribution in [2.45, 2.75) is 18.9 Å². The standard InChI is InChI=1S/C11H15BrFNO/c1-11(15,7-14-2)6-8-3-4-10(13)9(12)5-8/h3-5,14-15H,6-7H2,1-2H3. The summed E-state index contributed by atoms with van der Waals surface area (Å²) in [5.74, 6) is -0.285. The first kappa shape index (κ1) is 12.6. The minimum atomic E-state index is -0.813. The third-order valence-electron chi connectivity index (χ3n) is 2.13. The van der Waals surface area contributed by atoms with Crippen LogP contribution >= 0.6 is 15.9 Å². The first-order valence-electron chi connectivity index (χ1n) is 4.75. The highest BCUT2D eigenvalue weighted by Gasteiger charge is 2.20. The Morgan fingerprint density at radius 3 is 2.73 bits per heavy atom. The molecule has 0 heterocycles. The highest BCUT2D eigenvalue weighted by atomic mass is 79.9. The smallest absolute Gasteiger partial charge is 0.137 e. The molecule has 2 nitrogen and oxygen atoms in total. The predicted molar refractivity (Wildman–Crippen MR) is 62.4 cm³/mol. The largest absolute Gasteiger partial charge is 0.389 e. The molecule has 0 bridgehead atoms. The van der Waals surface area contributed by atoms with Gasteiger partial charge in [-0.2, -0.15) is 0 Å². The Morgan fingerprint density at radius 2 is 2.20 bits per heavy atom. The van der Waals surface area contributed by atoms with Gasteiger partial charge in [-0.05, 0) is 47.6 Å². The Labute approximate surface area is 97.6 Å². The fourth-order valence-electron chi connectivity index (χ4n) is 1.53. The van der Waals surface area contributed by atoms with Gasteiger partial charge in [0, 0.05) is 13.0 Å². The molecule has 1 aromatic rings. The van der Waals surface area contributed by atoms with E-state index in [4.69, 9.17) is 0 Å². The maximum Gasteiger partial charge on any atom is 0.137 e. The van der Waals surface area contributed by atoms with Crippen LogP contribution < -0.4 is 5.32 Å². The monoisotopic (exact) mass is 275 g/mol. The molecule has 2 N–H and O–H groups in total. The summed E-state index contributed by atoms with van der Waals surface area (Å²) in [5, 5.41) is 12.9. The molecule has 1 rings (SSSR count). The molecule has 1 unspecified atom stereocenters. The lowest BCUT2D eigenvalue weighted by molar-refractivity contribution is 0.0622. The van der Waals surface area contributed by atoms with Crippen LogP contribution in [-0.2, 0) is 6.42 Å². The van der Waals surface area contributed by atoms with Crippen molar-refractivity contribution in [2.75, 3.05) is 13.6 Å². The molecule has 0 radical (unpaired) electrons. The van der Waals surface area contributed by atoms with E-state index in [0.29, 0.717) is 17.4 Å². The predicted octanol–water partition coefficient (Wildman–Crippen LogP) is 2.10. The third-order valence-corrected chi connectivity index (χ3v) is 2.73. The van der Waals surface area contributed by atoms with Crippen molar-refractivity contribution in [3.63, 3.8) is 0 Å². The zero-order valence-electron chi connectivity index (χ0n) is 8.85. The van der Waals surface area contributed by atoms with Crippen LogP contribution in [0.4, 0.5) is 4.39 Å². The zero-order valence-corrected chi connectivity index (χ0v) is 10.4. The summed E-state index contributed by atoms with van der Waals surface area (Å²) in [6.45, 7) is 2.25. The number of hydrogen-bond acceptors (Lipinski definition) is 2. The van der Waals surface area contributed by atoms with Gasteiger partial charge >= 0.3 is 0 Å². The number of likely N-dealkylation sites (N-methyl/N-ethyl adjacent to an activating group) is 1. The normalized spacial score (nSPS) is 15.0. The first-order chi connectivity index (χ1) is 6.94. The lowest BCUT2D eigenvalue weighted by Crippen LogP contribution is -2.38. The second kappa shape index (κ2) is 5.05. The van der Waals surface area contributed by atoms with Gasteiger partial charge in [0.05, 0.1) is 10.1 Å². The van der Waals surface area contributed by atoms with Gasteiger partial charge < -0.3 is 10.4 Å². The van der Waals surface area contributed by atoms with Crippen molar-refractivity contribution >= 4 is 15.9 Å². The first-order valence-corrected chi connectivity index (χ1v) is 5.55. The van der Waals surface area contributed by atoms with E-state index in [2.05, 4.69) is 21.2 Å². The Hall–Kier alpha value is -0.450. The third kappa shape index (κ3) is 3.89. The number of halogens is 2. The molecule has 0 aliphatic rings. The van der Waals surface area contributed by atoms with Crippen LogP contribution in [0.3, 0.4) is 0 Å². The van der Waals surface area contributed by atoms with E-state index in [1.54, 1.807) is 26.1 Å². The summed E-state index contributed by atoms with van der Waals surface area (Å²) in [6.07, 6.45) is 0.493. The molecule has 0 spiro atoms. The summed E-state index contributed by atoms with van der Waals surface area (Å²) in [6, 6.07) is 4.78. The molecule has 0 amide bonds.